The Kier molecular flexibility index (Phi) is 5.81. The van der Waals surface area contributed by atoms with E-state index in [1.807, 2.05) is 45.0 Å². The highest BCUT2D eigenvalue weighted by molar-refractivity contribution is 5.75. The first-order valence-electron chi connectivity index (χ1n) is 7.79. The van der Waals surface area contributed by atoms with E-state index in [1.54, 1.807) is 0 Å². The first-order chi connectivity index (χ1) is 11.0. The number of aryl methyl sites for hydroxylation is 1. The van der Waals surface area contributed by atoms with E-state index in [1.165, 1.54) is 4.80 Å². The topological polar surface area (TPSA) is 92.9 Å². The van der Waals surface area contributed by atoms with Crippen molar-refractivity contribution in [3.8, 4) is 11.4 Å². The fourth-order valence-electron chi connectivity index (χ4n) is 2.00. The summed E-state index contributed by atoms with van der Waals surface area (Å²) in [4.78, 5) is 13.1. The van der Waals surface area contributed by atoms with Crippen LogP contribution in [-0.2, 0) is 11.3 Å². The van der Waals surface area contributed by atoms with Gasteiger partial charge in [-0.2, -0.15) is 4.80 Å². The fraction of sp³-hybridized carbons (Fsp3) is 0.500. The molecule has 0 saturated heterocycles. The molecule has 1 heterocycles. The molecule has 1 aromatic carbocycles. The zero-order chi connectivity index (χ0) is 16.8. The Morgan fingerprint density at radius 2 is 2.04 bits per heavy atom. The summed E-state index contributed by atoms with van der Waals surface area (Å²) in [6.07, 6.45) is 0.317. The number of carbonyl (C=O) groups excluding carboxylic acids is 1. The molecule has 0 bridgehead atoms. The standard InChI is InChI=1S/C16H23N5O2/c1-4-12(3)14(22)9-17-15(23)10-21-19-16(18-20-21)13-7-5-11(2)6-8-13/h5-8,12,14,22H,4,9-10H2,1-3H3,(H,17,23). The van der Waals surface area contributed by atoms with Crippen molar-refractivity contribution in [2.45, 2.75) is 39.8 Å². The predicted octanol–water partition coefficient (Wildman–Crippen LogP) is 1.17. The molecule has 0 aliphatic heterocycles. The molecule has 23 heavy (non-hydrogen) atoms. The number of nitrogens with zero attached hydrogens (tertiary/aromatic N) is 4. The molecule has 0 spiro atoms. The van der Waals surface area contributed by atoms with E-state index in [-0.39, 0.29) is 24.9 Å². The van der Waals surface area contributed by atoms with Crippen molar-refractivity contribution in [3.05, 3.63) is 29.8 Å². The number of aliphatic hydroxyl groups is 1. The normalized spacial score (nSPS) is 13.6. The Morgan fingerprint density at radius 1 is 1.35 bits per heavy atom. The lowest BCUT2D eigenvalue weighted by Gasteiger charge is -2.17. The first-order valence-corrected chi connectivity index (χ1v) is 7.79. The lowest BCUT2D eigenvalue weighted by molar-refractivity contribution is -0.122. The third-order valence-electron chi connectivity index (χ3n) is 3.86. The van der Waals surface area contributed by atoms with Gasteiger partial charge in [-0.05, 0) is 18.1 Å². The number of aromatic nitrogens is 4. The van der Waals surface area contributed by atoms with Crippen molar-refractivity contribution in [3.63, 3.8) is 0 Å². The number of rotatable bonds is 7. The summed E-state index contributed by atoms with van der Waals surface area (Å²) in [7, 11) is 0. The van der Waals surface area contributed by atoms with Gasteiger partial charge in [0, 0.05) is 12.1 Å². The van der Waals surface area contributed by atoms with E-state index in [0.717, 1.165) is 17.5 Å². The van der Waals surface area contributed by atoms with Gasteiger partial charge in [-0.25, -0.2) is 0 Å². The molecule has 0 saturated carbocycles. The van der Waals surface area contributed by atoms with Crippen LogP contribution in [0.2, 0.25) is 0 Å². The van der Waals surface area contributed by atoms with Crippen molar-refractivity contribution in [2.75, 3.05) is 6.54 Å². The Labute approximate surface area is 135 Å². The molecule has 2 aromatic rings. The molecule has 1 aromatic heterocycles. The Bertz CT molecular complexity index is 638. The lowest BCUT2D eigenvalue weighted by atomic mass is 10.0. The number of hydrogen-bond acceptors (Lipinski definition) is 5. The summed E-state index contributed by atoms with van der Waals surface area (Å²) in [5, 5.41) is 24.6. The van der Waals surface area contributed by atoms with Crippen LogP contribution in [0, 0.1) is 12.8 Å². The Hall–Kier alpha value is -2.28. The molecule has 2 rings (SSSR count). The fourth-order valence-corrected chi connectivity index (χ4v) is 2.00. The molecule has 2 unspecified atom stereocenters. The summed E-state index contributed by atoms with van der Waals surface area (Å²) >= 11 is 0. The summed E-state index contributed by atoms with van der Waals surface area (Å²) in [6, 6.07) is 7.77. The van der Waals surface area contributed by atoms with Gasteiger partial charge in [0.15, 0.2) is 0 Å². The minimum absolute atomic E-state index is 0.0217. The van der Waals surface area contributed by atoms with Crippen molar-refractivity contribution >= 4 is 5.91 Å². The van der Waals surface area contributed by atoms with E-state index in [4.69, 9.17) is 0 Å². The number of nitrogens with one attached hydrogen (secondary N) is 1. The monoisotopic (exact) mass is 317 g/mol. The van der Waals surface area contributed by atoms with Gasteiger partial charge < -0.3 is 10.4 Å². The average Bonchev–Trinajstić information content (AvgIpc) is 3.00. The minimum atomic E-state index is -0.546. The van der Waals surface area contributed by atoms with Gasteiger partial charge in [-0.15, -0.1) is 10.2 Å². The lowest BCUT2D eigenvalue weighted by Crippen LogP contribution is -2.37. The molecular weight excluding hydrogens is 294 g/mol. The van der Waals surface area contributed by atoms with Crippen LogP contribution in [0.1, 0.15) is 25.8 Å². The maximum Gasteiger partial charge on any atom is 0.243 e. The van der Waals surface area contributed by atoms with Crippen LogP contribution >= 0.6 is 0 Å². The summed E-state index contributed by atoms with van der Waals surface area (Å²) in [6.45, 7) is 6.16. The van der Waals surface area contributed by atoms with Crippen LogP contribution in [0.5, 0.6) is 0 Å². The van der Waals surface area contributed by atoms with E-state index in [2.05, 4.69) is 20.7 Å². The summed E-state index contributed by atoms with van der Waals surface area (Å²) in [5.74, 6) is 0.380. The molecular formula is C16H23N5O2. The summed E-state index contributed by atoms with van der Waals surface area (Å²) < 4.78 is 0. The third kappa shape index (κ3) is 4.85. The number of carbonyl (C=O) groups is 1. The molecule has 0 aliphatic carbocycles. The SMILES string of the molecule is CCC(C)C(O)CNC(=O)Cn1nnc(-c2ccc(C)cc2)n1. The first kappa shape index (κ1) is 17.1. The molecule has 2 atom stereocenters. The van der Waals surface area contributed by atoms with Crippen LogP contribution in [0.4, 0.5) is 0 Å². The predicted molar refractivity (Wildman–Crippen MR) is 86.5 cm³/mol. The van der Waals surface area contributed by atoms with Crippen molar-refractivity contribution in [1.82, 2.24) is 25.5 Å². The highest BCUT2D eigenvalue weighted by Gasteiger charge is 2.14. The number of amides is 1. The van der Waals surface area contributed by atoms with Crippen molar-refractivity contribution < 1.29 is 9.90 Å². The molecule has 1 amide bonds. The van der Waals surface area contributed by atoms with Crippen LogP contribution in [0.15, 0.2) is 24.3 Å². The van der Waals surface area contributed by atoms with Crippen LogP contribution < -0.4 is 5.32 Å². The molecule has 2 N–H and O–H groups in total. The maximum atomic E-state index is 11.9. The van der Waals surface area contributed by atoms with Gasteiger partial charge in [0.25, 0.3) is 0 Å². The number of tetrazole rings is 1. The quantitative estimate of drug-likeness (QED) is 0.799. The van der Waals surface area contributed by atoms with E-state index in [9.17, 15) is 9.90 Å². The van der Waals surface area contributed by atoms with Gasteiger partial charge >= 0.3 is 0 Å². The second-order valence-electron chi connectivity index (χ2n) is 5.77. The van der Waals surface area contributed by atoms with E-state index in [0.29, 0.717) is 5.82 Å². The van der Waals surface area contributed by atoms with Gasteiger partial charge in [0.2, 0.25) is 11.7 Å². The average molecular weight is 317 g/mol. The Balaban J connectivity index is 1.89. The largest absolute Gasteiger partial charge is 0.391 e. The second-order valence-corrected chi connectivity index (χ2v) is 5.77. The van der Waals surface area contributed by atoms with Crippen LogP contribution in [0.3, 0.4) is 0 Å². The third-order valence-corrected chi connectivity index (χ3v) is 3.86. The number of hydrogen-bond donors (Lipinski definition) is 2. The highest BCUT2D eigenvalue weighted by Crippen LogP contribution is 2.13. The van der Waals surface area contributed by atoms with Gasteiger partial charge in [0.05, 0.1) is 6.10 Å². The molecule has 7 heteroatoms. The molecule has 0 radical (unpaired) electrons. The van der Waals surface area contributed by atoms with Gasteiger partial charge in [0.1, 0.15) is 6.54 Å². The van der Waals surface area contributed by atoms with E-state index < -0.39 is 6.10 Å². The van der Waals surface area contributed by atoms with Crippen LogP contribution in [0.25, 0.3) is 11.4 Å². The maximum absolute atomic E-state index is 11.9. The smallest absolute Gasteiger partial charge is 0.243 e. The molecule has 124 valence electrons. The van der Waals surface area contributed by atoms with Gasteiger partial charge in [-0.1, -0.05) is 50.1 Å². The molecule has 7 nitrogen and oxygen atoms in total. The molecule has 0 aliphatic rings. The van der Waals surface area contributed by atoms with Crippen molar-refractivity contribution in [2.24, 2.45) is 5.92 Å². The van der Waals surface area contributed by atoms with Gasteiger partial charge in [-0.3, -0.25) is 4.79 Å². The highest BCUT2D eigenvalue weighted by atomic mass is 16.3. The molecule has 0 fully saturated rings. The van der Waals surface area contributed by atoms with Crippen LogP contribution in [-0.4, -0.2) is 43.9 Å². The van der Waals surface area contributed by atoms with Crippen molar-refractivity contribution in [1.29, 1.82) is 0 Å². The number of aliphatic hydroxyl groups excluding tert-OH is 1. The van der Waals surface area contributed by atoms with E-state index >= 15 is 0 Å². The number of benzene rings is 1. The summed E-state index contributed by atoms with van der Waals surface area (Å²) in [5.41, 5.74) is 2.01. The zero-order valence-electron chi connectivity index (χ0n) is 13.7. The minimum Gasteiger partial charge on any atom is -0.391 e. The second kappa shape index (κ2) is 7.82. The Morgan fingerprint density at radius 3 is 2.70 bits per heavy atom. The zero-order valence-corrected chi connectivity index (χ0v) is 13.7.